The second-order valence-electron chi connectivity index (χ2n) is 8.55. The molecule has 0 atom stereocenters. The number of nitrogens with zero attached hydrogens (tertiary/aromatic N) is 5. The summed E-state index contributed by atoms with van der Waals surface area (Å²) in [6.45, 7) is 2.39. The van der Waals surface area contributed by atoms with Gasteiger partial charge in [0, 0.05) is 43.0 Å². The molecule has 5 heterocycles. The summed E-state index contributed by atoms with van der Waals surface area (Å²) in [6, 6.07) is 6.35. The summed E-state index contributed by atoms with van der Waals surface area (Å²) in [7, 11) is 1.86. The third-order valence-electron chi connectivity index (χ3n) is 6.52. The van der Waals surface area contributed by atoms with Crippen molar-refractivity contribution in [2.45, 2.75) is 31.8 Å². The summed E-state index contributed by atoms with van der Waals surface area (Å²) >= 11 is 0. The molecule has 156 valence electrons. The van der Waals surface area contributed by atoms with E-state index in [1.54, 1.807) is 4.90 Å². The Kier molecular flexibility index (Phi) is 4.24. The molecular formula is C24H24N6O. The molecule has 1 fully saturated rings. The standard InChI is InChI=1S/C24H24N6O/c1-29-14-17-13-27-21-6-5-20(16-11-15-3-2-4-19(15)26-12-16)28-22(21)23(17)30(24(29)31)18-7-9-25-10-8-18/h2-3,5-6,11-13,18,25H,4,7-10,14H2,1H3. The Morgan fingerprint density at radius 2 is 2.00 bits per heavy atom. The summed E-state index contributed by atoms with van der Waals surface area (Å²) in [5, 5.41) is 3.40. The fourth-order valence-corrected chi connectivity index (χ4v) is 4.91. The SMILES string of the molecule is CN1Cc2cnc3ccc(-c4cnc5c(c4)C=CC5)nc3c2N(C2CCNCC2)C1=O. The summed E-state index contributed by atoms with van der Waals surface area (Å²) in [5.41, 5.74) is 7.69. The van der Waals surface area contributed by atoms with Gasteiger partial charge in [0.1, 0.15) is 5.52 Å². The number of anilines is 1. The molecule has 3 aromatic rings. The van der Waals surface area contributed by atoms with Gasteiger partial charge in [-0.1, -0.05) is 12.2 Å². The van der Waals surface area contributed by atoms with E-state index in [4.69, 9.17) is 4.98 Å². The largest absolute Gasteiger partial charge is 0.324 e. The van der Waals surface area contributed by atoms with Crippen LogP contribution in [0.5, 0.6) is 0 Å². The molecule has 7 nitrogen and oxygen atoms in total. The summed E-state index contributed by atoms with van der Waals surface area (Å²) in [5.74, 6) is 0. The zero-order chi connectivity index (χ0) is 20.9. The van der Waals surface area contributed by atoms with Crippen molar-refractivity contribution in [3.63, 3.8) is 0 Å². The molecule has 31 heavy (non-hydrogen) atoms. The fraction of sp³-hybridized carbons (Fsp3) is 0.333. The van der Waals surface area contributed by atoms with E-state index < -0.39 is 0 Å². The summed E-state index contributed by atoms with van der Waals surface area (Å²) in [4.78, 5) is 31.3. The second kappa shape index (κ2) is 7.13. The van der Waals surface area contributed by atoms with E-state index in [-0.39, 0.29) is 12.1 Å². The molecule has 0 aromatic carbocycles. The number of allylic oxidation sites excluding steroid dienone is 1. The average Bonchev–Trinajstić information content (AvgIpc) is 3.28. The van der Waals surface area contributed by atoms with E-state index in [9.17, 15) is 4.79 Å². The van der Waals surface area contributed by atoms with Crippen LogP contribution in [-0.2, 0) is 13.0 Å². The third-order valence-corrected chi connectivity index (χ3v) is 6.52. The molecule has 2 aliphatic heterocycles. The summed E-state index contributed by atoms with van der Waals surface area (Å²) in [6.07, 6.45) is 10.8. The van der Waals surface area contributed by atoms with Gasteiger partial charge in [0.2, 0.25) is 0 Å². The van der Waals surface area contributed by atoms with Crippen LogP contribution in [0, 0.1) is 0 Å². The minimum absolute atomic E-state index is 0.0448. The highest BCUT2D eigenvalue weighted by Crippen LogP contribution is 2.37. The monoisotopic (exact) mass is 412 g/mol. The highest BCUT2D eigenvalue weighted by Gasteiger charge is 2.36. The molecule has 1 saturated heterocycles. The maximum Gasteiger partial charge on any atom is 0.324 e. The summed E-state index contributed by atoms with van der Waals surface area (Å²) < 4.78 is 0. The number of hydrogen-bond acceptors (Lipinski definition) is 5. The Morgan fingerprint density at radius 1 is 1.13 bits per heavy atom. The van der Waals surface area contributed by atoms with Crippen LogP contribution in [0.25, 0.3) is 28.4 Å². The van der Waals surface area contributed by atoms with Crippen molar-refractivity contribution < 1.29 is 4.79 Å². The van der Waals surface area contributed by atoms with Crippen LogP contribution in [0.2, 0.25) is 0 Å². The average molecular weight is 412 g/mol. The number of aromatic nitrogens is 3. The number of fused-ring (bicyclic) bond motifs is 4. The van der Waals surface area contributed by atoms with Crippen molar-refractivity contribution in [3.05, 3.63) is 53.5 Å². The highest BCUT2D eigenvalue weighted by molar-refractivity contribution is 6.04. The molecule has 0 radical (unpaired) electrons. The van der Waals surface area contributed by atoms with Crippen LogP contribution in [-0.4, -0.2) is 52.1 Å². The fourth-order valence-electron chi connectivity index (χ4n) is 4.91. The number of rotatable bonds is 2. The first-order valence-electron chi connectivity index (χ1n) is 10.9. The lowest BCUT2D eigenvalue weighted by Crippen LogP contribution is -2.53. The van der Waals surface area contributed by atoms with Gasteiger partial charge in [0.15, 0.2) is 0 Å². The van der Waals surface area contributed by atoms with E-state index >= 15 is 0 Å². The zero-order valence-corrected chi connectivity index (χ0v) is 17.5. The second-order valence-corrected chi connectivity index (χ2v) is 8.55. The number of piperidine rings is 1. The van der Waals surface area contributed by atoms with Crippen molar-refractivity contribution in [1.29, 1.82) is 0 Å². The van der Waals surface area contributed by atoms with Gasteiger partial charge in [-0.05, 0) is 49.7 Å². The van der Waals surface area contributed by atoms with Gasteiger partial charge in [-0.3, -0.25) is 14.9 Å². The van der Waals surface area contributed by atoms with Crippen LogP contribution >= 0.6 is 0 Å². The van der Waals surface area contributed by atoms with Crippen LogP contribution in [0.4, 0.5) is 10.5 Å². The number of amides is 2. The maximum atomic E-state index is 13.3. The Bertz CT molecular complexity index is 1230. The Balaban J connectivity index is 1.52. The van der Waals surface area contributed by atoms with Crippen molar-refractivity contribution in [2.24, 2.45) is 0 Å². The predicted octanol–water partition coefficient (Wildman–Crippen LogP) is 3.38. The number of urea groups is 1. The molecule has 0 unspecified atom stereocenters. The Hall–Kier alpha value is -3.32. The topological polar surface area (TPSA) is 74.2 Å². The van der Waals surface area contributed by atoms with Gasteiger partial charge in [-0.25, -0.2) is 9.78 Å². The Labute approximate surface area is 180 Å². The number of hydrogen-bond donors (Lipinski definition) is 1. The normalized spacial score (nSPS) is 18.5. The van der Waals surface area contributed by atoms with Crippen LogP contribution in [0.15, 0.2) is 36.7 Å². The molecule has 0 spiro atoms. The smallest absolute Gasteiger partial charge is 0.323 e. The first kappa shape index (κ1) is 18.4. The van der Waals surface area contributed by atoms with E-state index in [0.29, 0.717) is 6.54 Å². The van der Waals surface area contributed by atoms with Crippen LogP contribution in [0.1, 0.15) is 29.7 Å². The van der Waals surface area contributed by atoms with Gasteiger partial charge in [0.05, 0.1) is 29.1 Å². The molecule has 1 aliphatic carbocycles. The van der Waals surface area contributed by atoms with Crippen LogP contribution < -0.4 is 10.2 Å². The zero-order valence-electron chi connectivity index (χ0n) is 17.5. The molecule has 3 aliphatic rings. The van der Waals surface area contributed by atoms with Crippen molar-refractivity contribution in [2.75, 3.05) is 25.0 Å². The van der Waals surface area contributed by atoms with Gasteiger partial charge < -0.3 is 10.2 Å². The molecule has 0 bridgehead atoms. The van der Waals surface area contributed by atoms with E-state index in [0.717, 1.165) is 77.2 Å². The molecule has 7 heteroatoms. The quantitative estimate of drug-likeness (QED) is 0.698. The maximum absolute atomic E-state index is 13.3. The van der Waals surface area contributed by atoms with Gasteiger partial charge in [-0.15, -0.1) is 0 Å². The first-order chi connectivity index (χ1) is 15.2. The lowest BCUT2D eigenvalue weighted by Gasteiger charge is -2.41. The van der Waals surface area contributed by atoms with Gasteiger partial charge in [0.25, 0.3) is 0 Å². The Morgan fingerprint density at radius 3 is 2.87 bits per heavy atom. The first-order valence-corrected chi connectivity index (χ1v) is 10.9. The molecule has 3 aromatic heterocycles. The minimum atomic E-state index is 0.0448. The van der Waals surface area contributed by atoms with E-state index in [2.05, 4.69) is 33.5 Å². The highest BCUT2D eigenvalue weighted by atomic mass is 16.2. The number of nitrogens with one attached hydrogen (secondary N) is 1. The van der Waals surface area contributed by atoms with Crippen molar-refractivity contribution >= 4 is 28.8 Å². The molecule has 1 N–H and O–H groups in total. The van der Waals surface area contributed by atoms with E-state index in [1.807, 2.05) is 36.5 Å². The van der Waals surface area contributed by atoms with E-state index in [1.165, 1.54) is 0 Å². The minimum Gasteiger partial charge on any atom is -0.323 e. The van der Waals surface area contributed by atoms with Gasteiger partial charge >= 0.3 is 6.03 Å². The molecule has 0 saturated carbocycles. The van der Waals surface area contributed by atoms with Crippen molar-refractivity contribution in [1.82, 2.24) is 25.2 Å². The predicted molar refractivity (Wildman–Crippen MR) is 121 cm³/mol. The third kappa shape index (κ3) is 2.99. The number of carbonyl (C=O) groups is 1. The number of pyridine rings is 3. The number of carbonyl (C=O) groups excluding carboxylic acids is 1. The van der Waals surface area contributed by atoms with Crippen molar-refractivity contribution in [3.8, 4) is 11.3 Å². The lowest BCUT2D eigenvalue weighted by atomic mass is 10.0. The lowest BCUT2D eigenvalue weighted by molar-refractivity contribution is 0.205. The molecular weight excluding hydrogens is 388 g/mol. The molecule has 2 amide bonds. The van der Waals surface area contributed by atoms with Gasteiger partial charge in [-0.2, -0.15) is 0 Å². The van der Waals surface area contributed by atoms with Crippen LogP contribution in [0.3, 0.4) is 0 Å². The molecule has 6 rings (SSSR count).